The van der Waals surface area contributed by atoms with Gasteiger partial charge in [-0.25, -0.2) is 8.42 Å². The van der Waals surface area contributed by atoms with E-state index in [4.69, 9.17) is 28.5 Å². The molecule has 0 saturated heterocycles. The van der Waals surface area contributed by atoms with Gasteiger partial charge in [0.15, 0.2) is 9.84 Å². The van der Waals surface area contributed by atoms with Crippen LogP contribution in [0.15, 0.2) is 23.1 Å². The van der Waals surface area contributed by atoms with Crippen molar-refractivity contribution < 1.29 is 8.42 Å². The van der Waals surface area contributed by atoms with Gasteiger partial charge in [-0.3, -0.25) is 0 Å². The molecule has 0 amide bonds. The van der Waals surface area contributed by atoms with E-state index in [1.54, 1.807) is 20.0 Å². The van der Waals surface area contributed by atoms with Crippen molar-refractivity contribution in [3.05, 3.63) is 28.2 Å². The van der Waals surface area contributed by atoms with Crippen LogP contribution < -0.4 is 0 Å². The summed E-state index contributed by atoms with van der Waals surface area (Å²) in [5.41, 5.74) is 0. The van der Waals surface area contributed by atoms with Gasteiger partial charge in [0.1, 0.15) is 0 Å². The standard InChI is InChI=1S/C13H16Cl2N2O2S/c1-10(8-16)9-17(2)5-6-20(18,19)13-7-11(14)3-4-12(13)15/h3-4,7,10H,5-6,9H2,1-2H3. The Balaban J connectivity index is 2.76. The third-order valence-electron chi connectivity index (χ3n) is 2.78. The van der Waals surface area contributed by atoms with Gasteiger partial charge in [0, 0.05) is 18.1 Å². The van der Waals surface area contributed by atoms with Crippen LogP contribution in [0.1, 0.15) is 6.92 Å². The van der Waals surface area contributed by atoms with E-state index in [2.05, 4.69) is 6.07 Å². The summed E-state index contributed by atoms with van der Waals surface area (Å²) in [5.74, 6) is -0.209. The van der Waals surface area contributed by atoms with Crippen LogP contribution in [0.4, 0.5) is 0 Å². The van der Waals surface area contributed by atoms with E-state index in [-0.39, 0.29) is 21.6 Å². The molecule has 110 valence electrons. The Morgan fingerprint density at radius 3 is 2.65 bits per heavy atom. The molecule has 1 unspecified atom stereocenters. The average Bonchev–Trinajstić information content (AvgIpc) is 2.39. The Kier molecular flexibility index (Phi) is 6.28. The lowest BCUT2D eigenvalue weighted by Gasteiger charge is -2.17. The fraction of sp³-hybridized carbons (Fsp3) is 0.462. The summed E-state index contributed by atoms with van der Waals surface area (Å²) in [7, 11) is -1.71. The largest absolute Gasteiger partial charge is 0.304 e. The minimum absolute atomic E-state index is 0.0494. The first-order valence-corrected chi connectivity index (χ1v) is 8.43. The number of nitriles is 1. The Bertz CT molecular complexity index is 611. The highest BCUT2D eigenvalue weighted by Gasteiger charge is 2.19. The van der Waals surface area contributed by atoms with Crippen LogP contribution in [0.2, 0.25) is 10.0 Å². The van der Waals surface area contributed by atoms with Crippen LogP contribution in [0.5, 0.6) is 0 Å². The van der Waals surface area contributed by atoms with Gasteiger partial charge in [0.25, 0.3) is 0 Å². The smallest absolute Gasteiger partial charge is 0.181 e. The summed E-state index contributed by atoms with van der Waals surface area (Å²) in [5, 5.41) is 9.23. The molecule has 0 fully saturated rings. The number of hydrogen-bond acceptors (Lipinski definition) is 4. The first kappa shape index (κ1) is 17.3. The maximum Gasteiger partial charge on any atom is 0.181 e. The third kappa shape index (κ3) is 4.95. The van der Waals surface area contributed by atoms with Gasteiger partial charge in [-0.2, -0.15) is 5.26 Å². The molecular weight excluding hydrogens is 319 g/mol. The highest BCUT2D eigenvalue weighted by atomic mass is 35.5. The summed E-state index contributed by atoms with van der Waals surface area (Å²) < 4.78 is 24.5. The Morgan fingerprint density at radius 2 is 2.05 bits per heavy atom. The molecule has 0 aromatic heterocycles. The molecule has 1 rings (SSSR count). The summed E-state index contributed by atoms with van der Waals surface area (Å²) in [4.78, 5) is 1.86. The number of rotatable bonds is 6. The molecule has 1 aromatic rings. The van der Waals surface area contributed by atoms with Crippen molar-refractivity contribution in [1.29, 1.82) is 5.26 Å². The van der Waals surface area contributed by atoms with Crippen LogP contribution in [0.3, 0.4) is 0 Å². The Labute approximate surface area is 129 Å². The van der Waals surface area contributed by atoms with E-state index < -0.39 is 9.84 Å². The van der Waals surface area contributed by atoms with Gasteiger partial charge in [-0.1, -0.05) is 23.2 Å². The molecule has 0 N–H and O–H groups in total. The molecule has 1 atom stereocenters. The molecule has 0 radical (unpaired) electrons. The van der Waals surface area contributed by atoms with Crippen molar-refractivity contribution >= 4 is 33.0 Å². The van der Waals surface area contributed by atoms with Crippen LogP contribution in [-0.2, 0) is 9.84 Å². The number of benzene rings is 1. The summed E-state index contributed by atoms with van der Waals surface area (Å²) in [6.45, 7) is 2.64. The van der Waals surface area contributed by atoms with Crippen molar-refractivity contribution in [2.45, 2.75) is 11.8 Å². The molecule has 0 aliphatic carbocycles. The summed E-state index contributed by atoms with van der Waals surface area (Å²) in [6, 6.07) is 6.49. The zero-order chi connectivity index (χ0) is 15.3. The summed E-state index contributed by atoms with van der Waals surface area (Å²) in [6.07, 6.45) is 0. The quantitative estimate of drug-likeness (QED) is 0.802. The maximum absolute atomic E-state index is 12.2. The number of hydrogen-bond donors (Lipinski definition) is 0. The van der Waals surface area contributed by atoms with Crippen LogP contribution in [0.25, 0.3) is 0 Å². The van der Waals surface area contributed by atoms with Gasteiger partial charge in [0.05, 0.1) is 27.7 Å². The fourth-order valence-electron chi connectivity index (χ4n) is 1.70. The van der Waals surface area contributed by atoms with E-state index in [1.165, 1.54) is 12.1 Å². The highest BCUT2D eigenvalue weighted by Crippen LogP contribution is 2.25. The third-order valence-corrected chi connectivity index (χ3v) is 5.18. The molecule has 0 spiro atoms. The molecule has 7 heteroatoms. The van der Waals surface area contributed by atoms with E-state index in [9.17, 15) is 8.42 Å². The van der Waals surface area contributed by atoms with Gasteiger partial charge in [0.2, 0.25) is 0 Å². The minimum Gasteiger partial charge on any atom is -0.304 e. The average molecular weight is 335 g/mol. The zero-order valence-electron chi connectivity index (χ0n) is 11.3. The van der Waals surface area contributed by atoms with Gasteiger partial charge < -0.3 is 4.90 Å². The number of halogens is 2. The Morgan fingerprint density at radius 1 is 1.40 bits per heavy atom. The van der Waals surface area contributed by atoms with Crippen molar-refractivity contribution in [2.24, 2.45) is 5.92 Å². The van der Waals surface area contributed by atoms with Crippen LogP contribution in [-0.4, -0.2) is 39.2 Å². The predicted octanol–water partition coefficient (Wildman–Crippen LogP) is 2.86. The lowest BCUT2D eigenvalue weighted by molar-refractivity contribution is 0.327. The van der Waals surface area contributed by atoms with E-state index in [0.717, 1.165) is 0 Å². The molecule has 4 nitrogen and oxygen atoms in total. The highest BCUT2D eigenvalue weighted by molar-refractivity contribution is 7.91. The van der Waals surface area contributed by atoms with E-state index in [0.29, 0.717) is 18.1 Å². The molecule has 0 aliphatic rings. The normalized spacial score (nSPS) is 13.2. The number of nitrogens with zero attached hydrogens (tertiary/aromatic N) is 2. The second-order valence-electron chi connectivity index (χ2n) is 4.69. The predicted molar refractivity (Wildman–Crippen MR) is 80.8 cm³/mol. The summed E-state index contributed by atoms with van der Waals surface area (Å²) >= 11 is 11.7. The molecular formula is C13H16Cl2N2O2S. The molecule has 0 bridgehead atoms. The lowest BCUT2D eigenvalue weighted by atomic mass is 10.2. The van der Waals surface area contributed by atoms with Crippen molar-refractivity contribution in [1.82, 2.24) is 4.90 Å². The van der Waals surface area contributed by atoms with E-state index >= 15 is 0 Å². The van der Waals surface area contributed by atoms with Gasteiger partial charge in [-0.15, -0.1) is 0 Å². The number of sulfone groups is 1. The minimum atomic E-state index is -3.49. The Hall–Kier alpha value is -0.800. The van der Waals surface area contributed by atoms with Crippen LogP contribution in [0, 0.1) is 17.2 Å². The molecule has 20 heavy (non-hydrogen) atoms. The SMILES string of the molecule is CC(C#N)CN(C)CCS(=O)(=O)c1cc(Cl)ccc1Cl. The first-order chi connectivity index (χ1) is 9.26. The molecule has 0 aliphatic heterocycles. The fourth-order valence-corrected chi connectivity index (χ4v) is 3.85. The van der Waals surface area contributed by atoms with Gasteiger partial charge >= 0.3 is 0 Å². The second kappa shape index (κ2) is 7.28. The monoisotopic (exact) mass is 334 g/mol. The van der Waals surface area contributed by atoms with Crippen molar-refractivity contribution in [2.75, 3.05) is 25.9 Å². The van der Waals surface area contributed by atoms with Crippen molar-refractivity contribution in [3.63, 3.8) is 0 Å². The van der Waals surface area contributed by atoms with Crippen LogP contribution >= 0.6 is 23.2 Å². The molecule has 0 saturated carbocycles. The zero-order valence-corrected chi connectivity index (χ0v) is 13.6. The van der Waals surface area contributed by atoms with Crippen molar-refractivity contribution in [3.8, 4) is 6.07 Å². The molecule has 1 aromatic carbocycles. The van der Waals surface area contributed by atoms with E-state index in [1.807, 2.05) is 4.90 Å². The van der Waals surface area contributed by atoms with Gasteiger partial charge in [-0.05, 0) is 32.2 Å². The first-order valence-electron chi connectivity index (χ1n) is 6.02. The topological polar surface area (TPSA) is 61.2 Å². The lowest BCUT2D eigenvalue weighted by Crippen LogP contribution is -2.29. The maximum atomic E-state index is 12.2. The second-order valence-corrected chi connectivity index (χ2v) is 7.61. The molecule has 0 heterocycles.